The molecule has 1 aliphatic carbocycles. The summed E-state index contributed by atoms with van der Waals surface area (Å²) in [6.45, 7) is 0. The summed E-state index contributed by atoms with van der Waals surface area (Å²) in [5, 5.41) is 10.6. The Kier molecular flexibility index (Phi) is 2.98. The molecule has 3 aromatic rings. The van der Waals surface area contributed by atoms with Gasteiger partial charge in [0.2, 0.25) is 5.88 Å². The second-order valence-corrected chi connectivity index (χ2v) is 6.19. The van der Waals surface area contributed by atoms with E-state index in [1.807, 2.05) is 66.7 Å². The van der Waals surface area contributed by atoms with Gasteiger partial charge in [0.1, 0.15) is 0 Å². The number of allylic oxidation sites excluding steroid dienone is 1. The minimum atomic E-state index is -0.170. The zero-order valence-corrected chi connectivity index (χ0v) is 12.5. The monoisotopic (exact) mass is 307 g/mol. The molecule has 1 aliphatic rings. The van der Waals surface area contributed by atoms with Crippen molar-refractivity contribution in [3.05, 3.63) is 86.3 Å². The zero-order chi connectivity index (χ0) is 15.1. The van der Waals surface area contributed by atoms with E-state index in [9.17, 15) is 9.90 Å². The van der Waals surface area contributed by atoms with Crippen LogP contribution in [-0.2, 0) is 0 Å². The van der Waals surface area contributed by atoms with Crippen LogP contribution in [0, 0.1) is 0 Å². The van der Waals surface area contributed by atoms with Crippen LogP contribution in [0.25, 0.3) is 11.8 Å². The van der Waals surface area contributed by atoms with Gasteiger partial charge in [-0.1, -0.05) is 66.0 Å². The van der Waals surface area contributed by atoms with E-state index < -0.39 is 0 Å². The summed E-state index contributed by atoms with van der Waals surface area (Å²) in [5.41, 5.74) is 2.95. The third kappa shape index (κ3) is 1.92. The van der Waals surface area contributed by atoms with Gasteiger partial charge in [-0.3, -0.25) is 4.79 Å². The molecule has 1 heterocycles. The maximum absolute atomic E-state index is 12.3. The molecule has 0 saturated carbocycles. The molecule has 0 saturated heterocycles. The van der Waals surface area contributed by atoms with E-state index in [4.69, 9.17) is 0 Å². The van der Waals surface area contributed by atoms with Crippen molar-refractivity contribution in [2.24, 2.45) is 0 Å². The predicted octanol–water partition coefficient (Wildman–Crippen LogP) is 3.76. The van der Waals surface area contributed by atoms with E-state index in [0.717, 1.165) is 22.5 Å². The van der Waals surface area contributed by atoms with Gasteiger partial charge in [0.25, 0.3) is 0 Å². The Morgan fingerprint density at radius 2 is 1.73 bits per heavy atom. The van der Waals surface area contributed by atoms with E-state index in [1.165, 1.54) is 4.57 Å². The van der Waals surface area contributed by atoms with Crippen LogP contribution in [0.4, 0.5) is 0 Å². The fourth-order valence-corrected chi connectivity index (χ4v) is 3.85. The largest absolute Gasteiger partial charge is 0.493 e. The first kappa shape index (κ1) is 13.1. The van der Waals surface area contributed by atoms with Crippen LogP contribution in [0.3, 0.4) is 0 Å². The zero-order valence-electron chi connectivity index (χ0n) is 11.6. The van der Waals surface area contributed by atoms with Crippen molar-refractivity contribution in [3.63, 3.8) is 0 Å². The highest BCUT2D eigenvalue weighted by Crippen LogP contribution is 2.41. The lowest BCUT2D eigenvalue weighted by molar-refractivity contribution is 0.435. The molecule has 0 radical (unpaired) electrons. The number of hydrogen-bond acceptors (Lipinski definition) is 3. The van der Waals surface area contributed by atoms with Crippen LogP contribution >= 0.6 is 11.3 Å². The lowest BCUT2D eigenvalue weighted by atomic mass is 9.99. The lowest BCUT2D eigenvalue weighted by Gasteiger charge is -2.10. The van der Waals surface area contributed by atoms with Gasteiger partial charge in [-0.05, 0) is 23.3 Å². The Bertz CT molecular complexity index is 922. The average molecular weight is 307 g/mol. The Labute approximate surface area is 131 Å². The number of fused-ring (bicyclic) bond motifs is 1. The van der Waals surface area contributed by atoms with Crippen molar-refractivity contribution in [3.8, 4) is 11.6 Å². The molecule has 0 fully saturated rings. The molecule has 3 nitrogen and oxygen atoms in total. The average Bonchev–Trinajstić information content (AvgIpc) is 3.09. The fourth-order valence-electron chi connectivity index (χ4n) is 2.87. The van der Waals surface area contributed by atoms with Gasteiger partial charge < -0.3 is 5.11 Å². The fraction of sp³-hybridized carbons (Fsp3) is 0.0556. The van der Waals surface area contributed by atoms with Crippen LogP contribution < -0.4 is 4.87 Å². The molecule has 4 rings (SSSR count). The molecule has 1 atom stereocenters. The summed E-state index contributed by atoms with van der Waals surface area (Å²) in [4.78, 5) is 12.8. The first-order chi connectivity index (χ1) is 10.8. The van der Waals surface area contributed by atoms with E-state index in [-0.39, 0.29) is 16.7 Å². The predicted molar refractivity (Wildman–Crippen MR) is 88.9 cm³/mol. The van der Waals surface area contributed by atoms with Crippen molar-refractivity contribution >= 4 is 17.4 Å². The van der Waals surface area contributed by atoms with Gasteiger partial charge in [-0.15, -0.1) is 0 Å². The van der Waals surface area contributed by atoms with Crippen LogP contribution in [0.5, 0.6) is 5.88 Å². The van der Waals surface area contributed by atoms with E-state index in [0.29, 0.717) is 10.6 Å². The highest BCUT2D eigenvalue weighted by molar-refractivity contribution is 7.09. The number of hydrogen-bond donors (Lipinski definition) is 1. The summed E-state index contributed by atoms with van der Waals surface area (Å²) >= 11 is 1.10. The normalized spacial score (nSPS) is 15.9. The maximum Gasteiger partial charge on any atom is 0.314 e. The van der Waals surface area contributed by atoms with Gasteiger partial charge in [0.05, 0.1) is 10.6 Å². The number of aromatic nitrogens is 1. The van der Waals surface area contributed by atoms with Gasteiger partial charge in [-0.2, -0.15) is 0 Å². The number of benzene rings is 2. The number of aromatic hydroxyl groups is 1. The number of rotatable bonds is 2. The standard InChI is InChI=1S/C18H13NO2S/c20-17-16(15-11-10-12-6-4-5-9-14(12)15)22-18(21)19(17)13-7-2-1-3-8-13/h1-11,15,20H. The Hall–Kier alpha value is -2.59. The summed E-state index contributed by atoms with van der Waals surface area (Å²) in [6, 6.07) is 17.3. The van der Waals surface area contributed by atoms with Gasteiger partial charge >= 0.3 is 4.87 Å². The number of thiazole rings is 1. The van der Waals surface area contributed by atoms with E-state index >= 15 is 0 Å². The SMILES string of the molecule is O=c1sc(C2C=Cc3ccccc32)c(O)n1-c1ccccc1. The van der Waals surface area contributed by atoms with Gasteiger partial charge in [0, 0.05) is 5.92 Å². The van der Waals surface area contributed by atoms with Crippen LogP contribution in [0.15, 0.2) is 65.5 Å². The molecule has 22 heavy (non-hydrogen) atoms. The molecule has 108 valence electrons. The number of nitrogens with zero attached hydrogens (tertiary/aromatic N) is 1. The van der Waals surface area contributed by atoms with E-state index in [1.54, 1.807) is 0 Å². The molecular weight excluding hydrogens is 294 g/mol. The first-order valence-corrected chi connectivity index (χ1v) is 7.84. The molecule has 1 unspecified atom stereocenters. The second-order valence-electron chi connectivity index (χ2n) is 5.19. The van der Waals surface area contributed by atoms with Crippen molar-refractivity contribution in [1.82, 2.24) is 4.57 Å². The van der Waals surface area contributed by atoms with Crippen LogP contribution in [0.2, 0.25) is 0 Å². The quantitative estimate of drug-likeness (QED) is 0.783. The third-order valence-corrected chi connectivity index (χ3v) is 4.92. The summed E-state index contributed by atoms with van der Waals surface area (Å²) < 4.78 is 1.37. The molecule has 2 aromatic carbocycles. The summed E-state index contributed by atoms with van der Waals surface area (Å²) in [6.07, 6.45) is 4.07. The summed E-state index contributed by atoms with van der Waals surface area (Å²) in [7, 11) is 0. The minimum Gasteiger partial charge on any atom is -0.493 e. The van der Waals surface area contributed by atoms with Crippen molar-refractivity contribution in [2.75, 3.05) is 0 Å². The Balaban J connectivity index is 1.87. The topological polar surface area (TPSA) is 42.2 Å². The Morgan fingerprint density at radius 3 is 2.55 bits per heavy atom. The smallest absolute Gasteiger partial charge is 0.314 e. The van der Waals surface area contributed by atoms with Crippen molar-refractivity contribution in [1.29, 1.82) is 0 Å². The van der Waals surface area contributed by atoms with E-state index in [2.05, 4.69) is 0 Å². The van der Waals surface area contributed by atoms with Crippen molar-refractivity contribution < 1.29 is 5.11 Å². The third-order valence-electron chi connectivity index (χ3n) is 3.91. The molecule has 0 spiro atoms. The van der Waals surface area contributed by atoms with Crippen LogP contribution in [0.1, 0.15) is 21.9 Å². The molecule has 0 bridgehead atoms. The maximum atomic E-state index is 12.3. The summed E-state index contributed by atoms with van der Waals surface area (Å²) in [5.74, 6) is -0.0218. The van der Waals surface area contributed by atoms with Crippen LogP contribution in [-0.4, -0.2) is 9.67 Å². The number of para-hydroxylation sites is 1. The lowest BCUT2D eigenvalue weighted by Crippen LogP contribution is -2.09. The first-order valence-electron chi connectivity index (χ1n) is 7.03. The molecule has 4 heteroatoms. The molecular formula is C18H13NO2S. The minimum absolute atomic E-state index is 0.0348. The molecule has 1 N–H and O–H groups in total. The van der Waals surface area contributed by atoms with Gasteiger partial charge in [-0.25, -0.2) is 4.57 Å². The second kappa shape index (κ2) is 5.00. The van der Waals surface area contributed by atoms with Crippen molar-refractivity contribution in [2.45, 2.75) is 5.92 Å². The highest BCUT2D eigenvalue weighted by atomic mass is 32.1. The molecule has 0 amide bonds. The molecule has 0 aliphatic heterocycles. The highest BCUT2D eigenvalue weighted by Gasteiger charge is 2.26. The Morgan fingerprint density at radius 1 is 1.00 bits per heavy atom. The van der Waals surface area contributed by atoms with Gasteiger partial charge in [0.15, 0.2) is 0 Å². The molecule has 1 aromatic heterocycles.